The molecule has 1 aromatic heterocycles. The Morgan fingerprint density at radius 3 is 2.89 bits per heavy atom. The molecule has 0 aliphatic carbocycles. The Morgan fingerprint density at radius 2 is 2.11 bits per heavy atom. The van der Waals surface area contributed by atoms with Crippen LogP contribution in [0.25, 0.3) is 0 Å². The average molecular weight is 243 g/mol. The fourth-order valence-electron chi connectivity index (χ4n) is 2.45. The number of hydrogen-bond donors (Lipinski definition) is 1. The molecule has 0 saturated heterocycles. The van der Waals surface area contributed by atoms with Gasteiger partial charge in [-0.25, -0.2) is 0 Å². The molecule has 0 saturated carbocycles. The number of para-hydroxylation sites is 1. The van der Waals surface area contributed by atoms with E-state index in [4.69, 9.17) is 14.9 Å². The van der Waals surface area contributed by atoms with Crippen molar-refractivity contribution in [3.8, 4) is 5.75 Å². The number of nitrogens with two attached hydrogens (primary N) is 1. The molecular formula is C15H17NO2. The summed E-state index contributed by atoms with van der Waals surface area (Å²) in [7, 11) is 0. The molecule has 94 valence electrons. The van der Waals surface area contributed by atoms with Crippen LogP contribution in [0.4, 0.5) is 0 Å². The number of fused-ring (bicyclic) bond motifs is 1. The van der Waals surface area contributed by atoms with Crippen LogP contribution in [0.3, 0.4) is 0 Å². The number of furan rings is 1. The van der Waals surface area contributed by atoms with Gasteiger partial charge in [0.25, 0.3) is 0 Å². The number of rotatable bonds is 3. The maximum atomic E-state index is 6.31. The van der Waals surface area contributed by atoms with E-state index in [-0.39, 0.29) is 12.0 Å². The molecular weight excluding hydrogens is 226 g/mol. The lowest BCUT2D eigenvalue weighted by Crippen LogP contribution is -2.20. The summed E-state index contributed by atoms with van der Waals surface area (Å²) in [5.74, 6) is 2.95. The van der Waals surface area contributed by atoms with Gasteiger partial charge in [-0.1, -0.05) is 25.1 Å². The highest BCUT2D eigenvalue weighted by atomic mass is 16.5. The first kappa shape index (κ1) is 11.4. The van der Waals surface area contributed by atoms with Gasteiger partial charge in [-0.2, -0.15) is 0 Å². The topological polar surface area (TPSA) is 48.4 Å². The predicted octanol–water partition coefficient (Wildman–Crippen LogP) is 3.02. The average Bonchev–Trinajstić information content (AvgIpc) is 3.04. The van der Waals surface area contributed by atoms with E-state index >= 15 is 0 Å². The fourth-order valence-corrected chi connectivity index (χ4v) is 2.45. The van der Waals surface area contributed by atoms with Crippen LogP contribution in [0.1, 0.15) is 36.0 Å². The maximum absolute atomic E-state index is 6.31. The first-order chi connectivity index (χ1) is 8.79. The van der Waals surface area contributed by atoms with Crippen LogP contribution < -0.4 is 10.5 Å². The molecule has 0 fully saturated rings. The zero-order chi connectivity index (χ0) is 12.5. The van der Waals surface area contributed by atoms with Gasteiger partial charge >= 0.3 is 0 Å². The summed E-state index contributed by atoms with van der Waals surface area (Å²) in [6.45, 7) is 2.70. The van der Waals surface area contributed by atoms with E-state index < -0.39 is 0 Å². The van der Waals surface area contributed by atoms with E-state index in [9.17, 15) is 0 Å². The zero-order valence-electron chi connectivity index (χ0n) is 10.4. The molecule has 0 spiro atoms. The lowest BCUT2D eigenvalue weighted by Gasteiger charge is -2.15. The van der Waals surface area contributed by atoms with Gasteiger partial charge in [-0.3, -0.25) is 0 Å². The molecule has 2 unspecified atom stereocenters. The van der Waals surface area contributed by atoms with E-state index in [0.29, 0.717) is 6.61 Å². The fraction of sp³-hybridized carbons (Fsp3) is 0.333. The monoisotopic (exact) mass is 243 g/mol. The van der Waals surface area contributed by atoms with E-state index in [1.54, 1.807) is 0 Å². The molecule has 0 bridgehead atoms. The third kappa shape index (κ3) is 1.81. The van der Waals surface area contributed by atoms with E-state index in [1.165, 1.54) is 5.56 Å². The molecule has 2 atom stereocenters. The van der Waals surface area contributed by atoms with Gasteiger partial charge in [0.15, 0.2) is 0 Å². The minimum absolute atomic E-state index is 0.144. The zero-order valence-corrected chi connectivity index (χ0v) is 10.4. The van der Waals surface area contributed by atoms with Gasteiger partial charge < -0.3 is 14.9 Å². The summed E-state index contributed by atoms with van der Waals surface area (Å²) < 4.78 is 11.4. The van der Waals surface area contributed by atoms with Gasteiger partial charge in [0.1, 0.15) is 17.3 Å². The summed E-state index contributed by atoms with van der Waals surface area (Å²) in [5, 5.41) is 0. The molecule has 2 aromatic rings. The second-order valence-corrected chi connectivity index (χ2v) is 4.64. The second kappa shape index (κ2) is 4.50. The van der Waals surface area contributed by atoms with Crippen LogP contribution in [-0.2, 0) is 6.42 Å². The number of aryl methyl sites for hydroxylation is 1. The summed E-state index contributed by atoms with van der Waals surface area (Å²) in [5.41, 5.74) is 7.49. The SMILES string of the molecule is CCc1ccc(C(N)C2COc3ccccc32)o1. The first-order valence-electron chi connectivity index (χ1n) is 6.35. The maximum Gasteiger partial charge on any atom is 0.122 e. The summed E-state index contributed by atoms with van der Waals surface area (Å²) in [6.07, 6.45) is 0.893. The molecule has 0 radical (unpaired) electrons. The van der Waals surface area contributed by atoms with E-state index in [2.05, 4.69) is 13.0 Å². The van der Waals surface area contributed by atoms with Crippen molar-refractivity contribution >= 4 is 0 Å². The number of hydrogen-bond acceptors (Lipinski definition) is 3. The summed E-state index contributed by atoms with van der Waals surface area (Å²) >= 11 is 0. The van der Waals surface area contributed by atoms with E-state index in [0.717, 1.165) is 23.7 Å². The van der Waals surface area contributed by atoms with Crippen LogP contribution >= 0.6 is 0 Å². The predicted molar refractivity (Wildman–Crippen MR) is 69.7 cm³/mol. The molecule has 1 aliphatic heterocycles. The van der Waals surface area contributed by atoms with Gasteiger partial charge in [0.2, 0.25) is 0 Å². The van der Waals surface area contributed by atoms with Crippen LogP contribution in [0.15, 0.2) is 40.8 Å². The summed E-state index contributed by atoms with van der Waals surface area (Å²) in [6, 6.07) is 11.9. The summed E-state index contributed by atoms with van der Waals surface area (Å²) in [4.78, 5) is 0. The number of benzene rings is 1. The number of ether oxygens (including phenoxy) is 1. The van der Waals surface area contributed by atoms with Crippen molar-refractivity contribution in [3.05, 3.63) is 53.5 Å². The Balaban J connectivity index is 1.88. The first-order valence-corrected chi connectivity index (χ1v) is 6.35. The van der Waals surface area contributed by atoms with Crippen molar-refractivity contribution in [1.82, 2.24) is 0 Å². The van der Waals surface area contributed by atoms with Crippen molar-refractivity contribution in [2.45, 2.75) is 25.3 Å². The van der Waals surface area contributed by atoms with Gasteiger partial charge in [-0.05, 0) is 18.2 Å². The largest absolute Gasteiger partial charge is 0.493 e. The van der Waals surface area contributed by atoms with Crippen molar-refractivity contribution in [1.29, 1.82) is 0 Å². The Hall–Kier alpha value is -1.74. The Bertz CT molecular complexity index is 547. The van der Waals surface area contributed by atoms with E-state index in [1.807, 2.05) is 30.3 Å². The molecule has 2 heterocycles. The lowest BCUT2D eigenvalue weighted by atomic mass is 9.92. The minimum atomic E-state index is -0.144. The standard InChI is InChI=1S/C15H17NO2/c1-2-10-7-8-14(18-10)15(16)12-9-17-13-6-4-3-5-11(12)13/h3-8,12,15H,2,9,16H2,1H3. The molecule has 0 amide bonds. The van der Waals surface area contributed by atoms with Gasteiger partial charge in [0.05, 0.1) is 12.6 Å². The highest BCUT2D eigenvalue weighted by Crippen LogP contribution is 2.40. The Kier molecular flexibility index (Phi) is 2.84. The Morgan fingerprint density at radius 1 is 1.28 bits per heavy atom. The highest BCUT2D eigenvalue weighted by molar-refractivity contribution is 5.41. The molecule has 3 rings (SSSR count). The van der Waals surface area contributed by atoms with Crippen molar-refractivity contribution in [2.75, 3.05) is 6.61 Å². The van der Waals surface area contributed by atoms with Crippen LogP contribution in [0.5, 0.6) is 5.75 Å². The minimum Gasteiger partial charge on any atom is -0.493 e. The molecule has 18 heavy (non-hydrogen) atoms. The Labute approximate surface area is 107 Å². The highest BCUT2D eigenvalue weighted by Gasteiger charge is 2.31. The van der Waals surface area contributed by atoms with Crippen LogP contribution in [0, 0.1) is 0 Å². The molecule has 1 aromatic carbocycles. The molecule has 3 heteroatoms. The van der Waals surface area contributed by atoms with Crippen LogP contribution in [-0.4, -0.2) is 6.61 Å². The third-order valence-electron chi connectivity index (χ3n) is 3.53. The van der Waals surface area contributed by atoms with Crippen LogP contribution in [0.2, 0.25) is 0 Å². The quantitative estimate of drug-likeness (QED) is 0.901. The molecule has 1 aliphatic rings. The lowest BCUT2D eigenvalue weighted by molar-refractivity contribution is 0.301. The molecule has 3 nitrogen and oxygen atoms in total. The van der Waals surface area contributed by atoms with Gasteiger partial charge in [-0.15, -0.1) is 0 Å². The normalized spacial score (nSPS) is 19.3. The van der Waals surface area contributed by atoms with Crippen molar-refractivity contribution in [2.24, 2.45) is 5.73 Å². The molecule has 2 N–H and O–H groups in total. The smallest absolute Gasteiger partial charge is 0.122 e. The third-order valence-corrected chi connectivity index (χ3v) is 3.53. The van der Waals surface area contributed by atoms with Gasteiger partial charge in [0, 0.05) is 17.9 Å². The van der Waals surface area contributed by atoms with Crippen molar-refractivity contribution in [3.63, 3.8) is 0 Å². The second-order valence-electron chi connectivity index (χ2n) is 4.64. The van der Waals surface area contributed by atoms with Crippen molar-refractivity contribution < 1.29 is 9.15 Å².